The number of ether oxygens (including phenoxy) is 1. The molecule has 0 saturated carbocycles. The Labute approximate surface area is 122 Å². The monoisotopic (exact) mass is 281 g/mol. The highest BCUT2D eigenvalue weighted by Gasteiger charge is 2.12. The van der Waals surface area contributed by atoms with Gasteiger partial charge in [0.1, 0.15) is 12.4 Å². The molecule has 0 aliphatic rings. The molecule has 4 heteroatoms. The molecule has 0 fully saturated rings. The number of carboxylic acid groups (broad SMARTS) is 1. The van der Waals surface area contributed by atoms with Crippen molar-refractivity contribution in [1.29, 1.82) is 0 Å². The van der Waals surface area contributed by atoms with Crippen LogP contribution in [0.15, 0.2) is 48.7 Å². The van der Waals surface area contributed by atoms with Crippen molar-refractivity contribution in [3.63, 3.8) is 0 Å². The van der Waals surface area contributed by atoms with Gasteiger partial charge in [0.2, 0.25) is 0 Å². The molecule has 0 aliphatic carbocycles. The van der Waals surface area contributed by atoms with Crippen LogP contribution in [0.3, 0.4) is 0 Å². The van der Waals surface area contributed by atoms with Crippen LogP contribution in [-0.2, 0) is 6.61 Å². The van der Waals surface area contributed by atoms with Gasteiger partial charge >= 0.3 is 5.97 Å². The fraction of sp³-hybridized carbons (Fsp3) is 0.118. The number of aromatic amines is 1. The topological polar surface area (TPSA) is 62.3 Å². The van der Waals surface area contributed by atoms with Gasteiger partial charge in [-0.25, -0.2) is 4.79 Å². The van der Waals surface area contributed by atoms with E-state index in [1.807, 2.05) is 37.3 Å². The fourth-order valence-electron chi connectivity index (χ4n) is 2.38. The van der Waals surface area contributed by atoms with Crippen LogP contribution in [0.5, 0.6) is 5.75 Å². The van der Waals surface area contributed by atoms with Gasteiger partial charge in [-0.1, -0.05) is 24.3 Å². The Balaban J connectivity index is 1.88. The van der Waals surface area contributed by atoms with E-state index in [4.69, 9.17) is 4.74 Å². The Kier molecular flexibility index (Phi) is 3.36. The van der Waals surface area contributed by atoms with Gasteiger partial charge in [-0.15, -0.1) is 0 Å². The summed E-state index contributed by atoms with van der Waals surface area (Å²) >= 11 is 0. The van der Waals surface area contributed by atoms with Gasteiger partial charge in [0.05, 0.1) is 11.1 Å². The molecule has 1 heterocycles. The lowest BCUT2D eigenvalue weighted by Crippen LogP contribution is -1.97. The van der Waals surface area contributed by atoms with E-state index in [2.05, 4.69) is 4.98 Å². The molecule has 2 N–H and O–H groups in total. The number of para-hydroxylation sites is 1. The zero-order valence-electron chi connectivity index (χ0n) is 11.6. The van der Waals surface area contributed by atoms with E-state index < -0.39 is 5.97 Å². The number of aromatic carboxylic acids is 1. The normalized spacial score (nSPS) is 10.7. The molecular formula is C17H15NO3. The van der Waals surface area contributed by atoms with Gasteiger partial charge < -0.3 is 14.8 Å². The van der Waals surface area contributed by atoms with Gasteiger partial charge in [0.25, 0.3) is 0 Å². The van der Waals surface area contributed by atoms with Crippen LogP contribution in [0.1, 0.15) is 21.5 Å². The van der Waals surface area contributed by atoms with E-state index in [0.717, 1.165) is 22.3 Å². The molecule has 1 aromatic heterocycles. The predicted molar refractivity (Wildman–Crippen MR) is 80.8 cm³/mol. The number of hydrogen-bond donors (Lipinski definition) is 2. The van der Waals surface area contributed by atoms with Gasteiger partial charge in [-0.05, 0) is 30.7 Å². The van der Waals surface area contributed by atoms with Crippen molar-refractivity contribution in [2.45, 2.75) is 13.5 Å². The number of aryl methyl sites for hydroxylation is 1. The van der Waals surface area contributed by atoms with Gasteiger partial charge in [0.15, 0.2) is 0 Å². The van der Waals surface area contributed by atoms with Crippen LogP contribution in [-0.4, -0.2) is 16.1 Å². The third-order valence-electron chi connectivity index (χ3n) is 3.42. The molecule has 0 radical (unpaired) electrons. The third kappa shape index (κ3) is 2.60. The predicted octanol–water partition coefficient (Wildman–Crippen LogP) is 3.75. The van der Waals surface area contributed by atoms with Crippen molar-refractivity contribution in [2.24, 2.45) is 0 Å². The van der Waals surface area contributed by atoms with Gasteiger partial charge in [0, 0.05) is 17.1 Å². The maximum atomic E-state index is 11.2. The first-order chi connectivity index (χ1) is 10.1. The molecule has 0 saturated heterocycles. The standard InChI is InChI=1S/C17H15NO3/c1-11-4-2-5-13(8-11)21-10-12-9-18-16-14(12)6-3-7-15(16)17(19)20/h2-9,18H,10H2,1H3,(H,19,20). The first-order valence-electron chi connectivity index (χ1n) is 6.67. The van der Waals surface area contributed by atoms with Crippen molar-refractivity contribution in [2.75, 3.05) is 0 Å². The number of hydrogen-bond acceptors (Lipinski definition) is 2. The van der Waals surface area contributed by atoms with E-state index in [0.29, 0.717) is 12.1 Å². The smallest absolute Gasteiger partial charge is 0.337 e. The number of nitrogens with one attached hydrogen (secondary N) is 1. The maximum absolute atomic E-state index is 11.2. The quantitative estimate of drug-likeness (QED) is 0.765. The minimum Gasteiger partial charge on any atom is -0.489 e. The minimum absolute atomic E-state index is 0.273. The Hall–Kier alpha value is -2.75. The van der Waals surface area contributed by atoms with Gasteiger partial charge in [-0.3, -0.25) is 0 Å². The molecule has 3 rings (SSSR count). The van der Waals surface area contributed by atoms with Gasteiger partial charge in [-0.2, -0.15) is 0 Å². The highest BCUT2D eigenvalue weighted by Crippen LogP contribution is 2.23. The minimum atomic E-state index is -0.936. The summed E-state index contributed by atoms with van der Waals surface area (Å²) in [6, 6.07) is 13.1. The third-order valence-corrected chi connectivity index (χ3v) is 3.42. The highest BCUT2D eigenvalue weighted by molar-refractivity contribution is 6.02. The first-order valence-corrected chi connectivity index (χ1v) is 6.67. The SMILES string of the molecule is Cc1cccc(OCc2c[nH]c3c(C(=O)O)cccc23)c1. The number of carbonyl (C=O) groups is 1. The van der Waals surface area contributed by atoms with E-state index in [1.54, 1.807) is 18.3 Å². The van der Waals surface area contributed by atoms with Crippen LogP contribution < -0.4 is 4.74 Å². The molecule has 0 bridgehead atoms. The number of carboxylic acids is 1. The Morgan fingerprint density at radius 2 is 2.05 bits per heavy atom. The summed E-state index contributed by atoms with van der Waals surface area (Å²) in [7, 11) is 0. The molecule has 0 unspecified atom stereocenters. The molecular weight excluding hydrogens is 266 g/mol. The molecule has 0 spiro atoms. The lowest BCUT2D eigenvalue weighted by Gasteiger charge is -2.06. The van der Waals surface area contributed by atoms with Crippen molar-refractivity contribution in [1.82, 2.24) is 4.98 Å². The van der Waals surface area contributed by atoms with Crippen LogP contribution >= 0.6 is 0 Å². The van der Waals surface area contributed by atoms with Crippen molar-refractivity contribution < 1.29 is 14.6 Å². The highest BCUT2D eigenvalue weighted by atomic mass is 16.5. The van der Waals surface area contributed by atoms with E-state index in [-0.39, 0.29) is 5.56 Å². The molecule has 0 aliphatic heterocycles. The summed E-state index contributed by atoms with van der Waals surface area (Å²) in [5.74, 6) is -0.132. The van der Waals surface area contributed by atoms with Crippen molar-refractivity contribution in [3.05, 3.63) is 65.4 Å². The van der Waals surface area contributed by atoms with Crippen molar-refractivity contribution in [3.8, 4) is 5.75 Å². The summed E-state index contributed by atoms with van der Waals surface area (Å²) in [5, 5.41) is 10.1. The maximum Gasteiger partial charge on any atom is 0.337 e. The van der Waals surface area contributed by atoms with Crippen LogP contribution in [0, 0.1) is 6.92 Å². The number of benzene rings is 2. The Morgan fingerprint density at radius 3 is 2.81 bits per heavy atom. The number of aromatic nitrogens is 1. The van der Waals surface area contributed by atoms with Crippen LogP contribution in [0.2, 0.25) is 0 Å². The largest absolute Gasteiger partial charge is 0.489 e. The Morgan fingerprint density at radius 1 is 1.24 bits per heavy atom. The summed E-state index contributed by atoms with van der Waals surface area (Å²) in [5.41, 5.74) is 2.98. The van der Waals surface area contributed by atoms with Crippen molar-refractivity contribution >= 4 is 16.9 Å². The molecule has 3 aromatic rings. The molecule has 2 aromatic carbocycles. The zero-order valence-corrected chi connectivity index (χ0v) is 11.6. The van der Waals surface area contributed by atoms with Crippen LogP contribution in [0.4, 0.5) is 0 Å². The summed E-state index contributed by atoms with van der Waals surface area (Å²) in [4.78, 5) is 14.2. The summed E-state index contributed by atoms with van der Waals surface area (Å²) < 4.78 is 5.77. The summed E-state index contributed by atoms with van der Waals surface area (Å²) in [6.07, 6.45) is 1.80. The second-order valence-electron chi connectivity index (χ2n) is 4.95. The van der Waals surface area contributed by atoms with E-state index in [9.17, 15) is 9.90 Å². The molecule has 21 heavy (non-hydrogen) atoms. The lowest BCUT2D eigenvalue weighted by molar-refractivity contribution is 0.0699. The number of rotatable bonds is 4. The second-order valence-corrected chi connectivity index (χ2v) is 4.95. The Bertz CT molecular complexity index is 805. The average Bonchev–Trinajstić information content (AvgIpc) is 2.88. The molecule has 0 atom stereocenters. The van der Waals surface area contributed by atoms with Crippen LogP contribution in [0.25, 0.3) is 10.9 Å². The van der Waals surface area contributed by atoms with E-state index >= 15 is 0 Å². The fourth-order valence-corrected chi connectivity index (χ4v) is 2.38. The van der Waals surface area contributed by atoms with E-state index in [1.165, 1.54) is 0 Å². The summed E-state index contributed by atoms with van der Waals surface area (Å²) in [6.45, 7) is 2.41. The number of fused-ring (bicyclic) bond motifs is 1. The number of H-pyrrole nitrogens is 1. The molecule has 0 amide bonds. The first kappa shape index (κ1) is 13.2. The zero-order chi connectivity index (χ0) is 14.8. The molecule has 106 valence electrons. The molecule has 4 nitrogen and oxygen atoms in total. The average molecular weight is 281 g/mol. The lowest BCUT2D eigenvalue weighted by atomic mass is 10.1. The second kappa shape index (κ2) is 5.32.